The quantitative estimate of drug-likeness (QED) is 0.0590. The third kappa shape index (κ3) is 13.3. The second-order valence-corrected chi connectivity index (χ2v) is 26.7. The van der Waals surface area contributed by atoms with Crippen molar-refractivity contribution in [2.24, 2.45) is 31.8 Å². The first-order chi connectivity index (χ1) is 41.7. The number of pyridine rings is 3. The summed E-state index contributed by atoms with van der Waals surface area (Å²) >= 11 is 2.24. The third-order valence-corrected chi connectivity index (χ3v) is 20.1. The molecule has 8 aromatic heterocycles. The van der Waals surface area contributed by atoms with E-state index in [0.29, 0.717) is 55.1 Å². The molecule has 0 saturated heterocycles. The van der Waals surface area contributed by atoms with Crippen LogP contribution < -0.4 is 0 Å². The molecule has 0 spiro atoms. The van der Waals surface area contributed by atoms with Gasteiger partial charge in [0.15, 0.2) is 5.78 Å². The molecule has 0 aliphatic heterocycles. The Labute approximate surface area is 524 Å². The first-order valence-electron chi connectivity index (χ1n) is 31.2. The van der Waals surface area contributed by atoms with Crippen molar-refractivity contribution in [3.8, 4) is 33.4 Å². The summed E-state index contributed by atoms with van der Waals surface area (Å²) in [5.74, 6) is -5.57. The Kier molecular flexibility index (Phi) is 19.1. The average Bonchev–Trinajstić information content (AvgIpc) is 1.81. The Hall–Kier alpha value is -6.16. The predicted octanol–water partition coefficient (Wildman–Crippen LogP) is 18.6. The molecule has 0 amide bonds. The molecule has 3 unspecified atom stereocenters. The van der Waals surface area contributed by atoms with Gasteiger partial charge < -0.3 is 27.8 Å². The summed E-state index contributed by atoms with van der Waals surface area (Å²) in [5.41, 5.74) is 12.7. The number of fused-ring (bicyclic) bond motifs is 3. The van der Waals surface area contributed by atoms with Crippen LogP contribution in [0.15, 0.2) is 68.8 Å². The Morgan fingerprint density at radius 2 is 1.10 bits per heavy atom. The minimum atomic E-state index is -2.64. The van der Waals surface area contributed by atoms with E-state index in [1.807, 2.05) is 90.8 Å². The molecule has 12 rings (SSSR count). The molecule has 13 nitrogen and oxygen atoms in total. The van der Waals surface area contributed by atoms with Gasteiger partial charge in [-0.15, -0.1) is 0 Å². The van der Waals surface area contributed by atoms with Crippen LogP contribution in [0.4, 0.5) is 26.3 Å². The summed E-state index contributed by atoms with van der Waals surface area (Å²) in [7, 11) is 3.92. The van der Waals surface area contributed by atoms with Crippen molar-refractivity contribution >= 4 is 56.0 Å². The van der Waals surface area contributed by atoms with E-state index in [1.165, 1.54) is 5.56 Å². The van der Waals surface area contributed by atoms with E-state index >= 15 is 0 Å². The van der Waals surface area contributed by atoms with E-state index < -0.39 is 23.4 Å². The van der Waals surface area contributed by atoms with Gasteiger partial charge in [0, 0.05) is 150 Å². The first-order valence-corrected chi connectivity index (χ1v) is 32.4. The molecular formula is C68H81F6IN8O5. The van der Waals surface area contributed by atoms with Crippen molar-refractivity contribution in [1.29, 1.82) is 0 Å². The van der Waals surface area contributed by atoms with Crippen LogP contribution in [0.2, 0.25) is 0 Å². The molecular weight excluding hydrogens is 1250 g/mol. The number of alkyl halides is 7. The van der Waals surface area contributed by atoms with Gasteiger partial charge in [0.2, 0.25) is 17.8 Å². The number of ketones is 1. The van der Waals surface area contributed by atoms with Gasteiger partial charge in [-0.3, -0.25) is 9.78 Å². The van der Waals surface area contributed by atoms with Crippen LogP contribution in [0.1, 0.15) is 196 Å². The molecule has 8 heterocycles. The number of aliphatic hydroxyl groups is 1. The van der Waals surface area contributed by atoms with Gasteiger partial charge >= 0.3 is 0 Å². The maximum Gasteiger partial charge on any atom is 0.248 e. The monoisotopic (exact) mass is 1330 g/mol. The Morgan fingerprint density at radius 3 is 1.60 bits per heavy atom. The van der Waals surface area contributed by atoms with Gasteiger partial charge in [0.1, 0.15) is 28.6 Å². The second kappa shape index (κ2) is 26.0. The molecule has 472 valence electrons. The number of halogens is 7. The number of rotatable bonds is 15. The maximum atomic E-state index is 13.9. The van der Waals surface area contributed by atoms with Crippen LogP contribution in [-0.4, -0.2) is 68.2 Å². The van der Waals surface area contributed by atoms with Gasteiger partial charge in [-0.05, 0) is 134 Å². The van der Waals surface area contributed by atoms with Crippen molar-refractivity contribution in [2.75, 3.05) is 0 Å². The minimum absolute atomic E-state index is 0.000278. The summed E-state index contributed by atoms with van der Waals surface area (Å²) in [6.07, 6.45) is 18.5. The lowest BCUT2D eigenvalue weighted by Crippen LogP contribution is -2.39. The normalized spacial score (nSPS) is 19.6. The first kappa shape index (κ1) is 64.8. The molecule has 0 bridgehead atoms. The van der Waals surface area contributed by atoms with Crippen molar-refractivity contribution in [2.45, 2.75) is 204 Å². The highest BCUT2D eigenvalue weighted by Gasteiger charge is 2.47. The number of carbonyl (C=O) groups excluding carboxylic acids is 1. The summed E-state index contributed by atoms with van der Waals surface area (Å²) in [6.45, 7) is 15.6. The molecule has 8 aromatic rings. The molecule has 3 saturated carbocycles. The third-order valence-electron chi connectivity index (χ3n) is 19.1. The topological polar surface area (TPSA) is 164 Å². The lowest BCUT2D eigenvalue weighted by Gasteiger charge is -2.40. The Balaban J connectivity index is 0.000000146. The van der Waals surface area contributed by atoms with E-state index in [1.54, 1.807) is 12.4 Å². The van der Waals surface area contributed by atoms with Crippen molar-refractivity contribution in [1.82, 2.24) is 39.6 Å². The average molecular weight is 1330 g/mol. The molecule has 20 heteroatoms. The predicted molar refractivity (Wildman–Crippen MR) is 337 cm³/mol. The molecule has 3 atom stereocenters. The number of aromatic nitrogens is 8. The highest BCUT2D eigenvalue weighted by Crippen LogP contribution is 2.51. The molecule has 0 aromatic carbocycles. The van der Waals surface area contributed by atoms with Gasteiger partial charge in [0.05, 0.1) is 32.3 Å². The fourth-order valence-electron chi connectivity index (χ4n) is 14.3. The van der Waals surface area contributed by atoms with E-state index in [4.69, 9.17) is 18.6 Å². The fourth-order valence-corrected chi connectivity index (χ4v) is 15.2. The number of hydrogen-bond donors (Lipinski definition) is 1. The van der Waals surface area contributed by atoms with Gasteiger partial charge in [-0.1, -0.05) is 83.7 Å². The standard InChI is InChI=1S/C24H31F2N3O2.C24H31F2N3O.C20H19F2IN2O2/c1-5-6-9-24(30,18-7-10-23(25,26)11-8-18)20-14-29(4)22-19(20)12-17(13-27-22)21-15(2)28-31-16(21)3;1-5-6-7-19(17-8-10-24(25,26)11-9-17)21-14-29(4)23-20(21)12-18(13-27-23)22-15(2)28-30-16(22)3;1-10-17(11(2)27-25-10)13-7-14-15(8-16(23)18(14)24-9-13)19(26)12-3-5-20(21,22)6-4-12/h12-14,18,30H,5-11H2,1-4H3;12-14,17,19H,5-11H2,1-4H3;7-9,12,16H,3-6H2,1-2H3. The zero-order chi connectivity index (χ0) is 63.2. The van der Waals surface area contributed by atoms with Crippen LogP contribution >= 0.6 is 22.6 Å². The van der Waals surface area contributed by atoms with Crippen molar-refractivity contribution in [3.63, 3.8) is 0 Å². The number of hydrogen-bond acceptors (Lipinski definition) is 11. The smallest absolute Gasteiger partial charge is 0.248 e. The van der Waals surface area contributed by atoms with E-state index in [0.717, 1.165) is 127 Å². The summed E-state index contributed by atoms with van der Waals surface area (Å²) in [4.78, 5) is 27.1. The van der Waals surface area contributed by atoms with Crippen LogP contribution in [0, 0.1) is 59.3 Å². The van der Waals surface area contributed by atoms with Gasteiger partial charge in [-0.25, -0.2) is 36.3 Å². The molecule has 4 aliphatic carbocycles. The largest absolute Gasteiger partial charge is 0.385 e. The minimum Gasteiger partial charge on any atom is -0.385 e. The van der Waals surface area contributed by atoms with Crippen LogP contribution in [0.3, 0.4) is 0 Å². The number of allylic oxidation sites excluding steroid dienone is 2. The lowest BCUT2D eigenvalue weighted by atomic mass is 9.70. The van der Waals surface area contributed by atoms with Crippen LogP contribution in [0.25, 0.3) is 61.0 Å². The van der Waals surface area contributed by atoms with Crippen molar-refractivity contribution < 1.29 is 49.8 Å². The van der Waals surface area contributed by atoms with Crippen molar-refractivity contribution in [3.05, 3.63) is 112 Å². The lowest BCUT2D eigenvalue weighted by molar-refractivity contribution is -0.121. The van der Waals surface area contributed by atoms with E-state index in [-0.39, 0.29) is 78.8 Å². The number of nitrogens with zero attached hydrogens (tertiary/aromatic N) is 8. The Morgan fingerprint density at radius 1 is 0.648 bits per heavy atom. The number of Topliss-reactive ketones (excluding diaryl/α,β-unsaturated/α-hetero) is 1. The highest BCUT2D eigenvalue weighted by atomic mass is 127. The van der Waals surface area contributed by atoms with Crippen LogP contribution in [0.5, 0.6) is 0 Å². The van der Waals surface area contributed by atoms with Gasteiger partial charge in [0.25, 0.3) is 0 Å². The molecule has 1 N–H and O–H groups in total. The highest BCUT2D eigenvalue weighted by molar-refractivity contribution is 14.1. The molecule has 4 aliphatic rings. The summed E-state index contributed by atoms with van der Waals surface area (Å²) < 4.78 is 102. The van der Waals surface area contributed by atoms with Gasteiger partial charge in [-0.2, -0.15) is 0 Å². The zero-order valence-electron chi connectivity index (χ0n) is 52.1. The zero-order valence-corrected chi connectivity index (χ0v) is 54.3. The summed E-state index contributed by atoms with van der Waals surface area (Å²) in [6, 6.07) is 6.16. The molecule has 88 heavy (non-hydrogen) atoms. The SMILES string of the molecule is CCCCC(O)(c1cn(C)c2ncc(-c3c(C)noc3C)cc12)C1CCC(F)(F)CC1.CCCCC(c1cn(C)c2ncc(-c3c(C)noc3C)cc12)C1CCC(F)(F)CC1.Cc1noc(C)c1-c1cnc2c(c1)C(C(=O)C1CCC(F)(F)CC1)=CC2I. The molecule has 0 radical (unpaired) electrons. The number of unbranched alkanes of at least 4 members (excludes halogenated alkanes) is 2. The van der Waals surface area contributed by atoms with E-state index in [2.05, 4.69) is 78.7 Å². The Bertz CT molecular complexity index is 3770. The number of aryl methyl sites for hydroxylation is 8. The maximum absolute atomic E-state index is 13.9. The number of carbonyl (C=O) groups is 1. The summed E-state index contributed by atoms with van der Waals surface area (Å²) in [5, 5.41) is 26.1. The van der Waals surface area contributed by atoms with Crippen LogP contribution in [-0.2, 0) is 24.5 Å². The molecule has 3 fully saturated rings. The second-order valence-electron chi connectivity index (χ2n) is 25.4. The van der Waals surface area contributed by atoms with E-state index in [9.17, 15) is 36.2 Å². The fraction of sp³-hybridized carbons (Fsp3) is 0.544.